The Balaban J connectivity index is 0.00000361. The molecule has 0 saturated heterocycles. The van der Waals surface area contributed by atoms with Crippen molar-refractivity contribution in [3.63, 3.8) is 0 Å². The van der Waals surface area contributed by atoms with Gasteiger partial charge in [-0.05, 0) is 38.1 Å². The molecular weight excluding hydrogens is 282 g/mol. The molecule has 0 aliphatic heterocycles. The van der Waals surface area contributed by atoms with E-state index >= 15 is 0 Å². The van der Waals surface area contributed by atoms with Crippen LogP contribution in [0.25, 0.3) is 0 Å². The molecule has 1 unspecified atom stereocenters. The number of hydrogen-bond acceptors (Lipinski definition) is 5. The van der Waals surface area contributed by atoms with Gasteiger partial charge >= 0.3 is 11.9 Å². The SMILES string of the molecule is CC(OC(=O)C(C)C)OC(=O)C1CCC(CN)CC1.Cl. The molecule has 1 saturated carbocycles. The highest BCUT2D eigenvalue weighted by atomic mass is 35.5. The number of ether oxygens (including phenoxy) is 2. The summed E-state index contributed by atoms with van der Waals surface area (Å²) < 4.78 is 10.2. The fourth-order valence-electron chi connectivity index (χ4n) is 2.22. The second kappa shape index (κ2) is 9.19. The van der Waals surface area contributed by atoms with Gasteiger partial charge in [0.25, 0.3) is 0 Å². The van der Waals surface area contributed by atoms with Crippen LogP contribution in [0.5, 0.6) is 0 Å². The quantitative estimate of drug-likeness (QED) is 0.622. The minimum absolute atomic E-state index is 0. The Morgan fingerprint density at radius 2 is 1.65 bits per heavy atom. The van der Waals surface area contributed by atoms with E-state index in [1.807, 2.05) is 0 Å². The molecule has 0 aromatic heterocycles. The van der Waals surface area contributed by atoms with Gasteiger partial charge < -0.3 is 15.2 Å². The van der Waals surface area contributed by atoms with E-state index in [1.165, 1.54) is 0 Å². The van der Waals surface area contributed by atoms with Crippen LogP contribution in [-0.4, -0.2) is 24.8 Å². The van der Waals surface area contributed by atoms with Crippen molar-refractivity contribution in [1.82, 2.24) is 0 Å². The van der Waals surface area contributed by atoms with E-state index in [4.69, 9.17) is 15.2 Å². The van der Waals surface area contributed by atoms with E-state index in [1.54, 1.807) is 20.8 Å². The van der Waals surface area contributed by atoms with Crippen LogP contribution in [0.15, 0.2) is 0 Å². The van der Waals surface area contributed by atoms with Gasteiger partial charge in [0.2, 0.25) is 6.29 Å². The lowest BCUT2D eigenvalue weighted by molar-refractivity contribution is -0.190. The predicted octanol–water partition coefficient (Wildman–Crippen LogP) is 2.26. The molecule has 1 aliphatic rings. The number of carbonyl (C=O) groups is 2. The van der Waals surface area contributed by atoms with Crippen molar-refractivity contribution < 1.29 is 19.1 Å². The molecule has 6 heteroatoms. The first-order chi connectivity index (χ1) is 8.93. The number of carbonyl (C=O) groups excluding carboxylic acids is 2. The van der Waals surface area contributed by atoms with Gasteiger partial charge in [-0.2, -0.15) is 0 Å². The van der Waals surface area contributed by atoms with Crippen LogP contribution in [0.4, 0.5) is 0 Å². The zero-order chi connectivity index (χ0) is 14.4. The Kier molecular flexibility index (Phi) is 8.81. The van der Waals surface area contributed by atoms with Crippen molar-refractivity contribution in [2.75, 3.05) is 6.54 Å². The second-order valence-electron chi connectivity index (χ2n) is 5.55. The van der Waals surface area contributed by atoms with Gasteiger partial charge in [0, 0.05) is 6.92 Å². The van der Waals surface area contributed by atoms with E-state index < -0.39 is 6.29 Å². The maximum absolute atomic E-state index is 11.9. The van der Waals surface area contributed by atoms with Crippen molar-refractivity contribution >= 4 is 24.3 Å². The first kappa shape index (κ1) is 19.2. The number of nitrogens with two attached hydrogens (primary N) is 1. The molecule has 0 bridgehead atoms. The van der Waals surface area contributed by atoms with Gasteiger partial charge in [0.05, 0.1) is 11.8 Å². The van der Waals surface area contributed by atoms with Crippen LogP contribution in [-0.2, 0) is 19.1 Å². The summed E-state index contributed by atoms with van der Waals surface area (Å²) in [6.45, 7) is 5.74. The summed E-state index contributed by atoms with van der Waals surface area (Å²) in [6, 6.07) is 0. The van der Waals surface area contributed by atoms with Crippen molar-refractivity contribution in [3.05, 3.63) is 0 Å². The van der Waals surface area contributed by atoms with Crippen LogP contribution >= 0.6 is 12.4 Å². The van der Waals surface area contributed by atoms with Gasteiger partial charge in [-0.15, -0.1) is 12.4 Å². The molecule has 1 atom stereocenters. The average Bonchev–Trinajstić information content (AvgIpc) is 2.38. The third-order valence-electron chi connectivity index (χ3n) is 3.55. The first-order valence-corrected chi connectivity index (χ1v) is 7.05. The van der Waals surface area contributed by atoms with Gasteiger partial charge in [-0.1, -0.05) is 13.8 Å². The fraction of sp³-hybridized carbons (Fsp3) is 0.857. The Labute approximate surface area is 127 Å². The lowest BCUT2D eigenvalue weighted by Gasteiger charge is -2.27. The summed E-state index contributed by atoms with van der Waals surface area (Å²) >= 11 is 0. The molecule has 118 valence electrons. The minimum Gasteiger partial charge on any atom is -0.425 e. The Morgan fingerprint density at radius 1 is 1.10 bits per heavy atom. The summed E-state index contributed by atoms with van der Waals surface area (Å²) in [4.78, 5) is 23.3. The standard InChI is InChI=1S/C14H25NO4.ClH/c1-9(2)13(16)18-10(3)19-14(17)12-6-4-11(8-15)5-7-12;/h9-12H,4-8,15H2,1-3H3;1H. The van der Waals surface area contributed by atoms with Gasteiger partial charge in [-0.3, -0.25) is 9.59 Å². The van der Waals surface area contributed by atoms with Crippen LogP contribution in [0, 0.1) is 17.8 Å². The molecule has 0 aromatic carbocycles. The Bertz CT molecular complexity index is 314. The molecular formula is C14H26ClNO4. The summed E-state index contributed by atoms with van der Waals surface area (Å²) in [5.41, 5.74) is 5.61. The highest BCUT2D eigenvalue weighted by Gasteiger charge is 2.28. The molecule has 2 N–H and O–H groups in total. The van der Waals surface area contributed by atoms with Crippen LogP contribution in [0.3, 0.4) is 0 Å². The summed E-state index contributed by atoms with van der Waals surface area (Å²) in [5, 5.41) is 0. The highest BCUT2D eigenvalue weighted by Crippen LogP contribution is 2.29. The molecule has 20 heavy (non-hydrogen) atoms. The summed E-state index contributed by atoms with van der Waals surface area (Å²) in [6.07, 6.45) is 2.75. The molecule has 1 aliphatic carbocycles. The average molecular weight is 308 g/mol. The lowest BCUT2D eigenvalue weighted by Crippen LogP contribution is -2.31. The van der Waals surface area contributed by atoms with Crippen molar-refractivity contribution in [2.24, 2.45) is 23.5 Å². The molecule has 0 heterocycles. The van der Waals surface area contributed by atoms with Crippen LogP contribution in [0.1, 0.15) is 46.5 Å². The third-order valence-corrected chi connectivity index (χ3v) is 3.55. The number of esters is 2. The number of rotatable bonds is 5. The second-order valence-corrected chi connectivity index (χ2v) is 5.55. The van der Waals surface area contributed by atoms with E-state index in [9.17, 15) is 9.59 Å². The van der Waals surface area contributed by atoms with Crippen molar-refractivity contribution in [1.29, 1.82) is 0 Å². The topological polar surface area (TPSA) is 78.6 Å². The molecule has 0 amide bonds. The third kappa shape index (κ3) is 6.09. The van der Waals surface area contributed by atoms with Gasteiger partial charge in [-0.25, -0.2) is 0 Å². The monoisotopic (exact) mass is 307 g/mol. The highest BCUT2D eigenvalue weighted by molar-refractivity contribution is 5.85. The zero-order valence-corrected chi connectivity index (χ0v) is 13.3. The Morgan fingerprint density at radius 3 is 2.10 bits per heavy atom. The number of halogens is 1. The number of hydrogen-bond donors (Lipinski definition) is 1. The van der Waals surface area contributed by atoms with Crippen LogP contribution in [0.2, 0.25) is 0 Å². The molecule has 1 rings (SSSR count). The van der Waals surface area contributed by atoms with Gasteiger partial charge in [0.15, 0.2) is 0 Å². The van der Waals surface area contributed by atoms with Crippen molar-refractivity contribution in [3.8, 4) is 0 Å². The Hall–Kier alpha value is -0.810. The van der Waals surface area contributed by atoms with E-state index in [0.717, 1.165) is 25.7 Å². The molecule has 0 aromatic rings. The largest absolute Gasteiger partial charge is 0.425 e. The van der Waals surface area contributed by atoms with E-state index in [-0.39, 0.29) is 36.2 Å². The lowest BCUT2D eigenvalue weighted by atomic mass is 9.82. The van der Waals surface area contributed by atoms with E-state index in [2.05, 4.69) is 0 Å². The first-order valence-electron chi connectivity index (χ1n) is 7.05. The molecule has 0 spiro atoms. The maximum Gasteiger partial charge on any atom is 0.311 e. The summed E-state index contributed by atoms with van der Waals surface area (Å²) in [7, 11) is 0. The zero-order valence-electron chi connectivity index (χ0n) is 12.5. The van der Waals surface area contributed by atoms with Gasteiger partial charge in [0.1, 0.15) is 0 Å². The molecule has 5 nitrogen and oxygen atoms in total. The summed E-state index contributed by atoms with van der Waals surface area (Å²) in [5.74, 6) is -0.393. The molecule has 0 radical (unpaired) electrons. The molecule has 1 fully saturated rings. The normalized spacial score (nSPS) is 23.6. The smallest absolute Gasteiger partial charge is 0.311 e. The minimum atomic E-state index is -0.811. The fourth-order valence-corrected chi connectivity index (χ4v) is 2.22. The van der Waals surface area contributed by atoms with Crippen molar-refractivity contribution in [2.45, 2.75) is 52.7 Å². The van der Waals surface area contributed by atoms with Crippen LogP contribution < -0.4 is 5.73 Å². The van der Waals surface area contributed by atoms with E-state index in [0.29, 0.717) is 12.5 Å². The maximum atomic E-state index is 11.9. The predicted molar refractivity (Wildman–Crippen MR) is 78.2 cm³/mol.